The maximum atomic E-state index is 10.8. The van der Waals surface area contributed by atoms with Gasteiger partial charge >= 0.3 is 0 Å². The summed E-state index contributed by atoms with van der Waals surface area (Å²) in [6.45, 7) is 4.09. The molecule has 21 heavy (non-hydrogen) atoms. The van der Waals surface area contributed by atoms with Gasteiger partial charge in [-0.05, 0) is 60.9 Å². The molecule has 1 unspecified atom stereocenters. The van der Waals surface area contributed by atoms with E-state index in [1.165, 1.54) is 29.5 Å². The van der Waals surface area contributed by atoms with E-state index in [-0.39, 0.29) is 0 Å². The minimum absolute atomic E-state index is 0.634. The molecular formula is C19H22O2. The standard InChI is InChI=1S/C19H22O2/c1-12-7-10-17(19(21-3)13(12)2)18(20)16-9-8-14-5-4-6-15(14)11-16/h7-11,18,20H,4-6H2,1-3H3. The van der Waals surface area contributed by atoms with Crippen LogP contribution in [0.3, 0.4) is 0 Å². The molecule has 1 aliphatic rings. The molecule has 3 rings (SSSR count). The summed E-state index contributed by atoms with van der Waals surface area (Å²) in [5.74, 6) is 0.794. The summed E-state index contributed by atoms with van der Waals surface area (Å²) in [5, 5.41) is 10.8. The van der Waals surface area contributed by atoms with Crippen molar-refractivity contribution < 1.29 is 9.84 Å². The summed E-state index contributed by atoms with van der Waals surface area (Å²) in [4.78, 5) is 0. The van der Waals surface area contributed by atoms with Crippen LogP contribution in [-0.2, 0) is 12.8 Å². The summed E-state index contributed by atoms with van der Waals surface area (Å²) in [5.41, 5.74) is 6.88. The average molecular weight is 282 g/mol. The maximum absolute atomic E-state index is 10.8. The number of fused-ring (bicyclic) bond motifs is 1. The number of benzene rings is 2. The highest BCUT2D eigenvalue weighted by atomic mass is 16.5. The van der Waals surface area contributed by atoms with E-state index in [2.05, 4.69) is 19.1 Å². The monoisotopic (exact) mass is 282 g/mol. The fraction of sp³-hybridized carbons (Fsp3) is 0.368. The number of aliphatic hydroxyl groups excluding tert-OH is 1. The van der Waals surface area contributed by atoms with Crippen LogP contribution in [0.5, 0.6) is 5.75 Å². The van der Waals surface area contributed by atoms with Crippen LogP contribution in [-0.4, -0.2) is 12.2 Å². The van der Waals surface area contributed by atoms with Crippen LogP contribution < -0.4 is 4.74 Å². The third kappa shape index (κ3) is 2.44. The smallest absolute Gasteiger partial charge is 0.128 e. The van der Waals surface area contributed by atoms with Gasteiger partial charge in [0.2, 0.25) is 0 Å². The summed E-state index contributed by atoms with van der Waals surface area (Å²) in [6.07, 6.45) is 2.88. The van der Waals surface area contributed by atoms with E-state index in [9.17, 15) is 5.11 Å². The van der Waals surface area contributed by atoms with Crippen LogP contribution in [0.1, 0.15) is 45.9 Å². The van der Waals surface area contributed by atoms with E-state index in [1.54, 1.807) is 7.11 Å². The van der Waals surface area contributed by atoms with Crippen LogP contribution in [0, 0.1) is 13.8 Å². The highest BCUT2D eigenvalue weighted by Gasteiger charge is 2.20. The zero-order chi connectivity index (χ0) is 15.0. The molecule has 1 atom stereocenters. The second-order valence-corrected chi connectivity index (χ2v) is 5.91. The van der Waals surface area contributed by atoms with Crippen LogP contribution >= 0.6 is 0 Å². The first-order chi connectivity index (χ1) is 10.1. The quantitative estimate of drug-likeness (QED) is 0.925. The molecule has 110 valence electrons. The first kappa shape index (κ1) is 14.2. The molecule has 1 N–H and O–H groups in total. The Morgan fingerprint density at radius 2 is 1.81 bits per heavy atom. The lowest BCUT2D eigenvalue weighted by atomic mass is 9.94. The molecule has 2 nitrogen and oxygen atoms in total. The molecule has 0 amide bonds. The van der Waals surface area contributed by atoms with Crippen LogP contribution in [0.15, 0.2) is 30.3 Å². The number of ether oxygens (including phenoxy) is 1. The Hall–Kier alpha value is -1.80. The van der Waals surface area contributed by atoms with Crippen molar-refractivity contribution >= 4 is 0 Å². The zero-order valence-electron chi connectivity index (χ0n) is 12.9. The van der Waals surface area contributed by atoms with Gasteiger partial charge in [-0.25, -0.2) is 0 Å². The van der Waals surface area contributed by atoms with E-state index < -0.39 is 6.10 Å². The SMILES string of the molecule is COc1c(C(O)c2ccc3c(c2)CCC3)ccc(C)c1C. The van der Waals surface area contributed by atoms with Gasteiger partial charge in [-0.2, -0.15) is 0 Å². The number of aliphatic hydroxyl groups is 1. The van der Waals surface area contributed by atoms with Crippen molar-refractivity contribution in [2.24, 2.45) is 0 Å². The minimum Gasteiger partial charge on any atom is -0.496 e. The van der Waals surface area contributed by atoms with Crippen molar-refractivity contribution in [3.05, 3.63) is 63.7 Å². The Kier molecular flexibility index (Phi) is 3.73. The van der Waals surface area contributed by atoms with E-state index in [1.807, 2.05) is 25.1 Å². The Balaban J connectivity index is 2.02. The Morgan fingerprint density at radius 3 is 2.57 bits per heavy atom. The molecule has 0 saturated carbocycles. The topological polar surface area (TPSA) is 29.5 Å². The lowest BCUT2D eigenvalue weighted by Crippen LogP contribution is -2.05. The second kappa shape index (κ2) is 5.53. The largest absolute Gasteiger partial charge is 0.496 e. The highest BCUT2D eigenvalue weighted by molar-refractivity contribution is 5.49. The van der Waals surface area contributed by atoms with Crippen molar-refractivity contribution in [3.63, 3.8) is 0 Å². The number of rotatable bonds is 3. The molecule has 0 aromatic heterocycles. The average Bonchev–Trinajstić information content (AvgIpc) is 2.96. The molecule has 1 aliphatic carbocycles. The van der Waals surface area contributed by atoms with Crippen molar-refractivity contribution in [2.45, 2.75) is 39.2 Å². The van der Waals surface area contributed by atoms with Gasteiger partial charge in [0.15, 0.2) is 0 Å². The first-order valence-electron chi connectivity index (χ1n) is 7.55. The molecule has 2 aromatic carbocycles. The molecule has 0 saturated heterocycles. The van der Waals surface area contributed by atoms with Crippen molar-refractivity contribution in [3.8, 4) is 5.75 Å². The molecule has 0 heterocycles. The van der Waals surface area contributed by atoms with Gasteiger partial charge in [-0.1, -0.05) is 30.3 Å². The second-order valence-electron chi connectivity index (χ2n) is 5.91. The van der Waals surface area contributed by atoms with Crippen LogP contribution in [0.2, 0.25) is 0 Å². The fourth-order valence-corrected chi connectivity index (χ4v) is 3.24. The molecule has 2 heteroatoms. The van der Waals surface area contributed by atoms with Gasteiger partial charge in [-0.3, -0.25) is 0 Å². The summed E-state index contributed by atoms with van der Waals surface area (Å²) in [7, 11) is 1.67. The highest BCUT2D eigenvalue weighted by Crippen LogP contribution is 2.35. The minimum atomic E-state index is -0.634. The Morgan fingerprint density at radius 1 is 1.05 bits per heavy atom. The number of methoxy groups -OCH3 is 1. The third-order valence-corrected chi connectivity index (χ3v) is 4.64. The Labute approximate surface area is 126 Å². The maximum Gasteiger partial charge on any atom is 0.128 e. The number of aryl methyl sites for hydroxylation is 3. The van der Waals surface area contributed by atoms with Gasteiger partial charge in [0, 0.05) is 5.56 Å². The molecule has 0 aliphatic heterocycles. The van der Waals surface area contributed by atoms with Crippen molar-refractivity contribution in [1.29, 1.82) is 0 Å². The molecule has 0 radical (unpaired) electrons. The van der Waals surface area contributed by atoms with Gasteiger partial charge in [0.25, 0.3) is 0 Å². The number of hydrogen-bond donors (Lipinski definition) is 1. The van der Waals surface area contributed by atoms with Gasteiger partial charge in [-0.15, -0.1) is 0 Å². The molecule has 0 spiro atoms. The van der Waals surface area contributed by atoms with Crippen molar-refractivity contribution in [1.82, 2.24) is 0 Å². The first-order valence-corrected chi connectivity index (χ1v) is 7.55. The molecule has 0 fully saturated rings. The van der Waals surface area contributed by atoms with Gasteiger partial charge in [0.05, 0.1) is 7.11 Å². The van der Waals surface area contributed by atoms with Crippen molar-refractivity contribution in [2.75, 3.05) is 7.11 Å². The fourth-order valence-electron chi connectivity index (χ4n) is 3.24. The van der Waals surface area contributed by atoms with Gasteiger partial charge in [0.1, 0.15) is 11.9 Å². The predicted molar refractivity (Wildman–Crippen MR) is 85.0 cm³/mol. The third-order valence-electron chi connectivity index (χ3n) is 4.64. The lowest BCUT2D eigenvalue weighted by molar-refractivity contribution is 0.214. The molecule has 0 bridgehead atoms. The normalized spacial score (nSPS) is 14.9. The lowest BCUT2D eigenvalue weighted by Gasteiger charge is -2.19. The van der Waals surface area contributed by atoms with E-state index >= 15 is 0 Å². The van der Waals surface area contributed by atoms with Gasteiger partial charge < -0.3 is 9.84 Å². The van der Waals surface area contributed by atoms with E-state index in [4.69, 9.17) is 4.74 Å². The molecular weight excluding hydrogens is 260 g/mol. The summed E-state index contributed by atoms with van der Waals surface area (Å²) < 4.78 is 5.53. The molecule has 2 aromatic rings. The predicted octanol–water partition coefficient (Wildman–Crippen LogP) is 3.88. The van der Waals surface area contributed by atoms with Crippen LogP contribution in [0.4, 0.5) is 0 Å². The van der Waals surface area contributed by atoms with Crippen LogP contribution in [0.25, 0.3) is 0 Å². The summed E-state index contributed by atoms with van der Waals surface area (Å²) >= 11 is 0. The zero-order valence-corrected chi connectivity index (χ0v) is 12.9. The number of hydrogen-bond acceptors (Lipinski definition) is 2. The van der Waals surface area contributed by atoms with E-state index in [0.29, 0.717) is 0 Å². The Bertz CT molecular complexity index is 674. The van der Waals surface area contributed by atoms with E-state index in [0.717, 1.165) is 28.9 Å². The summed E-state index contributed by atoms with van der Waals surface area (Å²) in [6, 6.07) is 10.4.